The van der Waals surface area contributed by atoms with E-state index in [1.54, 1.807) is 0 Å². The van der Waals surface area contributed by atoms with Crippen molar-refractivity contribution in [1.82, 2.24) is 8.75 Å². The molecule has 0 spiro atoms. The van der Waals surface area contributed by atoms with Gasteiger partial charge in [0.15, 0.2) is 6.20 Å². The molecule has 2 aromatic rings. The first-order valence-electron chi connectivity index (χ1n) is 5.73. The molecule has 6 heteroatoms. The highest BCUT2D eigenvalue weighted by molar-refractivity contribution is 6.99. The minimum atomic E-state index is 0. The summed E-state index contributed by atoms with van der Waals surface area (Å²) in [6.07, 6.45) is 4.15. The van der Waals surface area contributed by atoms with Crippen LogP contribution in [0.25, 0.3) is 11.4 Å². The molecule has 0 aromatic carbocycles. The highest BCUT2D eigenvalue weighted by Gasteiger charge is 2.19. The highest BCUT2D eigenvalue weighted by atomic mass is 127. The Morgan fingerprint density at radius 2 is 2.17 bits per heavy atom. The topological polar surface area (TPSA) is 38.9 Å². The first kappa shape index (κ1) is 15.3. The molecule has 0 N–H and O–H groups in total. The van der Waals surface area contributed by atoms with Gasteiger partial charge in [0.05, 0.1) is 18.3 Å². The second-order valence-electron chi connectivity index (χ2n) is 3.82. The van der Waals surface area contributed by atoms with Gasteiger partial charge in [0.1, 0.15) is 7.05 Å². The number of aryl methyl sites for hydroxylation is 1. The summed E-state index contributed by atoms with van der Waals surface area (Å²) in [4.78, 5) is 0. The molecule has 0 aliphatic rings. The number of aromatic nitrogens is 3. The Bertz CT molecular complexity index is 490. The van der Waals surface area contributed by atoms with Gasteiger partial charge in [-0.05, 0) is 12.5 Å². The fraction of sp³-hybridized carbons (Fsp3) is 0.417. The van der Waals surface area contributed by atoms with Crippen molar-refractivity contribution in [3.05, 3.63) is 24.4 Å². The normalized spacial score (nSPS) is 9.89. The van der Waals surface area contributed by atoms with Gasteiger partial charge >= 0.3 is 0 Å². The zero-order valence-corrected chi connectivity index (χ0v) is 13.4. The quantitative estimate of drug-likeness (QED) is 0.390. The summed E-state index contributed by atoms with van der Waals surface area (Å²) in [6.45, 7) is 2.84. The second kappa shape index (κ2) is 7.63. The van der Waals surface area contributed by atoms with E-state index in [0.29, 0.717) is 12.5 Å². The van der Waals surface area contributed by atoms with Gasteiger partial charge in [-0.15, -0.1) is 4.37 Å². The molecule has 18 heavy (non-hydrogen) atoms. The van der Waals surface area contributed by atoms with Gasteiger partial charge in [0, 0.05) is 12.1 Å². The van der Waals surface area contributed by atoms with Crippen LogP contribution in [0.2, 0.25) is 0 Å². The summed E-state index contributed by atoms with van der Waals surface area (Å²) in [5, 5.41) is 0. The number of pyridine rings is 1. The highest BCUT2D eigenvalue weighted by Crippen LogP contribution is 2.24. The molecular weight excluding hydrogens is 361 g/mol. The van der Waals surface area contributed by atoms with E-state index in [2.05, 4.69) is 15.7 Å². The molecule has 4 nitrogen and oxygen atoms in total. The van der Waals surface area contributed by atoms with Gasteiger partial charge in [0.2, 0.25) is 11.4 Å². The predicted molar refractivity (Wildman–Crippen MR) is 66.9 cm³/mol. The van der Waals surface area contributed by atoms with Gasteiger partial charge in [-0.2, -0.15) is 8.94 Å². The molecular formula is C12H16IN3OS. The summed E-state index contributed by atoms with van der Waals surface area (Å²) in [6, 6.07) is 5.99. The van der Waals surface area contributed by atoms with Crippen molar-refractivity contribution in [1.29, 1.82) is 0 Å². The standard InChI is InChI=1S/C12H16N3OS.HI/c1-3-4-9-16-12-11(13-17-14-12)10-7-5-6-8-15(10)2;/h5-8H,3-4,9H2,1-2H3;1H/q+1;/p-1. The zero-order chi connectivity index (χ0) is 12.1. The van der Waals surface area contributed by atoms with Gasteiger partial charge < -0.3 is 28.7 Å². The summed E-state index contributed by atoms with van der Waals surface area (Å²) in [5.74, 6) is 0.644. The molecule has 2 heterocycles. The molecule has 98 valence electrons. The molecule has 0 amide bonds. The minimum absolute atomic E-state index is 0. The van der Waals surface area contributed by atoms with E-state index < -0.39 is 0 Å². The van der Waals surface area contributed by atoms with Crippen molar-refractivity contribution in [2.75, 3.05) is 6.61 Å². The largest absolute Gasteiger partial charge is 1.00 e. The van der Waals surface area contributed by atoms with E-state index in [1.807, 2.05) is 36.0 Å². The molecule has 0 atom stereocenters. The molecule has 0 aliphatic heterocycles. The minimum Gasteiger partial charge on any atom is -1.00 e. The smallest absolute Gasteiger partial charge is 0.260 e. The van der Waals surface area contributed by atoms with E-state index in [0.717, 1.165) is 24.2 Å². The molecule has 0 aliphatic carbocycles. The Morgan fingerprint density at radius 3 is 2.89 bits per heavy atom. The summed E-state index contributed by atoms with van der Waals surface area (Å²) in [5.41, 5.74) is 1.85. The third-order valence-corrected chi connectivity index (χ3v) is 3.00. The lowest BCUT2D eigenvalue weighted by molar-refractivity contribution is -0.660. The number of unbranched alkanes of at least 4 members (excludes halogenated alkanes) is 1. The van der Waals surface area contributed by atoms with Crippen molar-refractivity contribution in [3.63, 3.8) is 0 Å². The zero-order valence-electron chi connectivity index (χ0n) is 10.5. The van der Waals surface area contributed by atoms with Gasteiger partial charge in [-0.3, -0.25) is 0 Å². The number of halogens is 1. The van der Waals surface area contributed by atoms with Crippen molar-refractivity contribution < 1.29 is 33.3 Å². The van der Waals surface area contributed by atoms with Crippen LogP contribution in [0.15, 0.2) is 24.4 Å². The van der Waals surface area contributed by atoms with Crippen LogP contribution in [0.1, 0.15) is 19.8 Å². The summed E-state index contributed by atoms with van der Waals surface area (Å²) < 4.78 is 16.2. The number of rotatable bonds is 5. The number of hydrogen-bond donors (Lipinski definition) is 0. The molecule has 0 fully saturated rings. The Labute approximate surface area is 128 Å². The lowest BCUT2D eigenvalue weighted by atomic mass is 10.2. The maximum atomic E-state index is 5.65. The Hall–Kier alpha value is -0.760. The Kier molecular flexibility index (Phi) is 6.48. The number of nitrogens with zero attached hydrogens (tertiary/aromatic N) is 3. The van der Waals surface area contributed by atoms with Crippen LogP contribution in [0.4, 0.5) is 0 Å². The maximum absolute atomic E-state index is 5.65. The van der Waals surface area contributed by atoms with E-state index in [-0.39, 0.29) is 24.0 Å². The van der Waals surface area contributed by atoms with Crippen LogP contribution in [0.5, 0.6) is 5.88 Å². The fourth-order valence-corrected chi connectivity index (χ4v) is 2.02. The second-order valence-corrected chi connectivity index (χ2v) is 4.35. The molecule has 0 saturated carbocycles. The van der Waals surface area contributed by atoms with Gasteiger partial charge in [-0.1, -0.05) is 13.3 Å². The monoisotopic (exact) mass is 377 g/mol. The van der Waals surface area contributed by atoms with Crippen LogP contribution < -0.4 is 33.3 Å². The average molecular weight is 377 g/mol. The molecule has 2 rings (SSSR count). The summed E-state index contributed by atoms with van der Waals surface area (Å²) >= 11 is 1.19. The van der Waals surface area contributed by atoms with Crippen LogP contribution in [0, 0.1) is 0 Å². The first-order valence-corrected chi connectivity index (χ1v) is 6.46. The summed E-state index contributed by atoms with van der Waals surface area (Å²) in [7, 11) is 1.99. The van der Waals surface area contributed by atoms with Crippen LogP contribution in [0.3, 0.4) is 0 Å². The van der Waals surface area contributed by atoms with Crippen LogP contribution >= 0.6 is 11.7 Å². The SMILES string of the molecule is CCCCOc1nsnc1-c1cccc[n+]1C.[I-]. The van der Waals surface area contributed by atoms with Crippen molar-refractivity contribution in [2.24, 2.45) is 7.05 Å². The lowest BCUT2D eigenvalue weighted by Crippen LogP contribution is -3.00. The van der Waals surface area contributed by atoms with E-state index in [9.17, 15) is 0 Å². The molecule has 0 unspecified atom stereocenters. The third-order valence-electron chi connectivity index (χ3n) is 2.49. The van der Waals surface area contributed by atoms with Crippen molar-refractivity contribution in [3.8, 4) is 17.3 Å². The molecule has 2 aromatic heterocycles. The van der Waals surface area contributed by atoms with Crippen LogP contribution in [-0.2, 0) is 7.05 Å². The predicted octanol–water partition coefficient (Wildman–Crippen LogP) is -0.787. The number of ether oxygens (including phenoxy) is 1. The lowest BCUT2D eigenvalue weighted by Gasteiger charge is -2.02. The molecule has 0 bridgehead atoms. The fourth-order valence-electron chi connectivity index (χ4n) is 1.51. The van der Waals surface area contributed by atoms with Crippen LogP contribution in [-0.4, -0.2) is 15.4 Å². The maximum Gasteiger partial charge on any atom is 0.260 e. The van der Waals surface area contributed by atoms with E-state index >= 15 is 0 Å². The number of hydrogen-bond acceptors (Lipinski definition) is 4. The van der Waals surface area contributed by atoms with E-state index in [4.69, 9.17) is 4.74 Å². The first-order chi connectivity index (χ1) is 8.33. The Balaban J connectivity index is 0.00000162. The third kappa shape index (κ3) is 3.61. The van der Waals surface area contributed by atoms with E-state index in [1.165, 1.54) is 11.7 Å². The average Bonchev–Trinajstić information content (AvgIpc) is 2.78. The Morgan fingerprint density at radius 1 is 1.33 bits per heavy atom. The van der Waals surface area contributed by atoms with Crippen molar-refractivity contribution >= 4 is 11.7 Å². The van der Waals surface area contributed by atoms with Gasteiger partial charge in [0.25, 0.3) is 5.88 Å². The van der Waals surface area contributed by atoms with Crippen molar-refractivity contribution in [2.45, 2.75) is 19.8 Å². The van der Waals surface area contributed by atoms with Gasteiger partial charge in [-0.25, -0.2) is 0 Å². The molecule has 0 saturated heterocycles. The molecule has 0 radical (unpaired) electrons.